The fraction of sp³-hybridized carbons (Fsp3) is 0.529. The van der Waals surface area contributed by atoms with Gasteiger partial charge in [-0.15, -0.1) is 0 Å². The van der Waals surface area contributed by atoms with Gasteiger partial charge in [0.2, 0.25) is 21.9 Å². The van der Waals surface area contributed by atoms with Crippen molar-refractivity contribution in [1.29, 1.82) is 0 Å². The summed E-state index contributed by atoms with van der Waals surface area (Å²) < 4.78 is 27.9. The molecule has 2 saturated carbocycles. The summed E-state index contributed by atoms with van der Waals surface area (Å²) in [4.78, 5) is 10.8. The molecule has 0 bridgehead atoms. The molecule has 0 atom stereocenters. The van der Waals surface area contributed by atoms with Crippen LogP contribution in [-0.2, 0) is 10.0 Å². The molecule has 1 aliphatic heterocycles. The lowest BCUT2D eigenvalue weighted by molar-refractivity contribution is 0.305. The third kappa shape index (κ3) is 3.16. The fourth-order valence-corrected chi connectivity index (χ4v) is 5.12. The Balaban J connectivity index is 1.73. The molecule has 140 valence electrons. The molecular formula is C17H24N6O2S. The molecule has 0 saturated heterocycles. The van der Waals surface area contributed by atoms with E-state index in [4.69, 9.17) is 11.5 Å². The minimum absolute atomic E-state index is 0.0550. The Hall–Kier alpha value is -2.13. The monoisotopic (exact) mass is 376 g/mol. The zero-order valence-electron chi connectivity index (χ0n) is 14.6. The van der Waals surface area contributed by atoms with E-state index in [9.17, 15) is 8.42 Å². The molecule has 1 aromatic rings. The first kappa shape index (κ1) is 17.3. The van der Waals surface area contributed by atoms with Crippen LogP contribution in [0.3, 0.4) is 0 Å². The Morgan fingerprint density at radius 3 is 2.58 bits per heavy atom. The van der Waals surface area contributed by atoms with Crippen LogP contribution in [0.25, 0.3) is 0 Å². The zero-order chi connectivity index (χ0) is 18.4. The molecule has 1 aromatic carbocycles. The molecule has 8 nitrogen and oxygen atoms in total. The van der Waals surface area contributed by atoms with Crippen LogP contribution in [0.1, 0.15) is 44.9 Å². The van der Waals surface area contributed by atoms with E-state index in [0.717, 1.165) is 44.9 Å². The highest BCUT2D eigenvalue weighted by Gasteiger charge is 2.42. The second-order valence-corrected chi connectivity index (χ2v) is 8.93. The lowest BCUT2D eigenvalue weighted by Crippen LogP contribution is -2.58. The van der Waals surface area contributed by atoms with Gasteiger partial charge in [-0.2, -0.15) is 4.99 Å². The molecule has 0 aromatic heterocycles. The Bertz CT molecular complexity index is 869. The number of rotatable bonds is 4. The summed E-state index contributed by atoms with van der Waals surface area (Å²) in [5.41, 5.74) is 12.2. The minimum atomic E-state index is -3.55. The fourth-order valence-electron chi connectivity index (χ4n) is 3.77. The third-order valence-corrected chi connectivity index (χ3v) is 6.65. The van der Waals surface area contributed by atoms with Gasteiger partial charge in [-0.05, 0) is 56.7 Å². The van der Waals surface area contributed by atoms with Gasteiger partial charge in [0.15, 0.2) is 0 Å². The van der Waals surface area contributed by atoms with Crippen LogP contribution >= 0.6 is 0 Å². The average Bonchev–Trinajstić information content (AvgIpc) is 3.38. The summed E-state index contributed by atoms with van der Waals surface area (Å²) in [6.07, 6.45) is 6.57. The molecule has 5 N–H and O–H groups in total. The van der Waals surface area contributed by atoms with Gasteiger partial charge in [0.1, 0.15) is 5.66 Å². The molecule has 0 unspecified atom stereocenters. The summed E-state index contributed by atoms with van der Waals surface area (Å²) in [6, 6.07) is 6.85. The van der Waals surface area contributed by atoms with Crippen LogP contribution in [0.15, 0.2) is 39.1 Å². The van der Waals surface area contributed by atoms with Gasteiger partial charge in [0.05, 0.1) is 4.90 Å². The maximum absolute atomic E-state index is 12.6. The Labute approximate surface area is 153 Å². The van der Waals surface area contributed by atoms with Gasteiger partial charge in [0, 0.05) is 11.7 Å². The van der Waals surface area contributed by atoms with E-state index >= 15 is 0 Å². The van der Waals surface area contributed by atoms with Gasteiger partial charge >= 0.3 is 0 Å². The number of hydrogen-bond acceptors (Lipinski definition) is 7. The largest absolute Gasteiger partial charge is 0.369 e. The number of aliphatic imine (C=N–C) groups is 2. The molecule has 1 spiro atoms. The highest BCUT2D eigenvalue weighted by atomic mass is 32.2. The predicted molar refractivity (Wildman–Crippen MR) is 101 cm³/mol. The summed E-state index contributed by atoms with van der Waals surface area (Å²) in [6.45, 7) is 0. The zero-order valence-corrected chi connectivity index (χ0v) is 15.4. The number of anilines is 1. The second-order valence-electron chi connectivity index (χ2n) is 7.21. The van der Waals surface area contributed by atoms with Crippen LogP contribution in [0.2, 0.25) is 0 Å². The smallest absolute Gasteiger partial charge is 0.240 e. The van der Waals surface area contributed by atoms with Gasteiger partial charge in [0.25, 0.3) is 0 Å². The van der Waals surface area contributed by atoms with Crippen LogP contribution in [0.4, 0.5) is 5.69 Å². The topological polar surface area (TPSA) is 126 Å². The van der Waals surface area contributed by atoms with E-state index in [1.165, 1.54) is 0 Å². The van der Waals surface area contributed by atoms with E-state index in [1.807, 2.05) is 11.0 Å². The van der Waals surface area contributed by atoms with Gasteiger partial charge in [-0.1, -0.05) is 12.5 Å². The predicted octanol–water partition coefficient (Wildman–Crippen LogP) is 1.24. The Morgan fingerprint density at radius 2 is 1.88 bits per heavy atom. The summed E-state index contributed by atoms with van der Waals surface area (Å²) in [5.74, 6) is 0.434. The van der Waals surface area contributed by atoms with Crippen molar-refractivity contribution in [3.8, 4) is 0 Å². The van der Waals surface area contributed by atoms with E-state index in [2.05, 4.69) is 14.7 Å². The molecular weight excluding hydrogens is 352 g/mol. The van der Waals surface area contributed by atoms with Crippen LogP contribution < -0.4 is 21.1 Å². The highest BCUT2D eigenvalue weighted by Crippen LogP contribution is 2.39. The number of nitrogens with two attached hydrogens (primary N) is 2. The van der Waals surface area contributed by atoms with Crippen LogP contribution in [0, 0.1) is 0 Å². The summed E-state index contributed by atoms with van der Waals surface area (Å²) in [7, 11) is -3.55. The van der Waals surface area contributed by atoms with E-state index in [1.54, 1.807) is 18.2 Å². The second kappa shape index (κ2) is 6.24. The summed E-state index contributed by atoms with van der Waals surface area (Å²) in [5, 5.41) is 0. The molecule has 1 heterocycles. The number of nitrogens with zero attached hydrogens (tertiary/aromatic N) is 3. The van der Waals surface area contributed by atoms with Gasteiger partial charge in [-0.25, -0.2) is 18.1 Å². The van der Waals surface area contributed by atoms with Crippen molar-refractivity contribution in [3.63, 3.8) is 0 Å². The minimum Gasteiger partial charge on any atom is -0.369 e. The molecule has 9 heteroatoms. The number of benzene rings is 1. The maximum Gasteiger partial charge on any atom is 0.240 e. The Kier molecular flexibility index (Phi) is 4.15. The van der Waals surface area contributed by atoms with Crippen molar-refractivity contribution in [3.05, 3.63) is 24.3 Å². The van der Waals surface area contributed by atoms with Gasteiger partial charge in [-0.3, -0.25) is 4.90 Å². The number of guanidine groups is 2. The highest BCUT2D eigenvalue weighted by molar-refractivity contribution is 7.89. The lowest BCUT2D eigenvalue weighted by Gasteiger charge is -2.45. The number of nitrogens with one attached hydrogen (secondary N) is 1. The van der Waals surface area contributed by atoms with Crippen LogP contribution in [0.5, 0.6) is 0 Å². The maximum atomic E-state index is 12.6. The number of hydrogen-bond donors (Lipinski definition) is 3. The molecule has 2 fully saturated rings. The van der Waals surface area contributed by atoms with Crippen molar-refractivity contribution in [1.82, 2.24) is 4.72 Å². The quantitative estimate of drug-likeness (QED) is 0.729. The van der Waals surface area contributed by atoms with Crippen molar-refractivity contribution < 1.29 is 8.42 Å². The average molecular weight is 376 g/mol. The van der Waals surface area contributed by atoms with Crippen LogP contribution in [-0.4, -0.2) is 32.0 Å². The molecule has 3 aliphatic rings. The standard InChI is InChI=1S/C17H24N6O2S/c18-15-20-16(19)23(17(21-15)9-2-1-3-10-17)13-5-4-6-14(11-13)26(24,25)22-12-7-8-12/h4-6,11-12,22H,1-3,7-10H2,(H4,18,19,20,21). The van der Waals surface area contributed by atoms with E-state index in [0.29, 0.717) is 5.69 Å². The first-order chi connectivity index (χ1) is 12.4. The lowest BCUT2D eigenvalue weighted by atomic mass is 9.87. The molecule has 4 rings (SSSR count). The van der Waals surface area contributed by atoms with E-state index in [-0.39, 0.29) is 22.9 Å². The van der Waals surface area contributed by atoms with Crippen molar-refractivity contribution in [2.24, 2.45) is 21.5 Å². The van der Waals surface area contributed by atoms with Gasteiger partial charge < -0.3 is 11.5 Å². The third-order valence-electron chi connectivity index (χ3n) is 5.14. The molecule has 0 radical (unpaired) electrons. The first-order valence-corrected chi connectivity index (χ1v) is 10.5. The van der Waals surface area contributed by atoms with Crippen molar-refractivity contribution in [2.75, 3.05) is 4.90 Å². The normalized spacial score (nSPS) is 22.8. The Morgan fingerprint density at radius 1 is 1.15 bits per heavy atom. The molecule has 26 heavy (non-hydrogen) atoms. The van der Waals surface area contributed by atoms with Crippen molar-refractivity contribution >= 4 is 27.6 Å². The van der Waals surface area contributed by atoms with Crippen molar-refractivity contribution in [2.45, 2.75) is 61.5 Å². The molecule has 2 aliphatic carbocycles. The molecule has 0 amide bonds. The first-order valence-electron chi connectivity index (χ1n) is 9.02. The number of sulfonamides is 1. The SMILES string of the molecule is NC1=NC2(CCCCC2)N(c2cccc(S(=O)(=O)NC3CC3)c2)C(N)=N1. The van der Waals surface area contributed by atoms with E-state index < -0.39 is 15.7 Å². The summed E-state index contributed by atoms with van der Waals surface area (Å²) >= 11 is 0.